The van der Waals surface area contributed by atoms with Crippen molar-refractivity contribution in [1.29, 1.82) is 0 Å². The van der Waals surface area contributed by atoms with Gasteiger partial charge < -0.3 is 0 Å². The van der Waals surface area contributed by atoms with Gasteiger partial charge in [-0.2, -0.15) is 0 Å². The first-order chi connectivity index (χ1) is 23.8. The molecule has 224 valence electrons. The Kier molecular flexibility index (Phi) is 6.06. The topological polar surface area (TPSA) is 0 Å². The van der Waals surface area contributed by atoms with Crippen molar-refractivity contribution in [3.63, 3.8) is 0 Å². The van der Waals surface area contributed by atoms with Gasteiger partial charge in [0.15, 0.2) is 0 Å². The second-order valence-corrected chi connectivity index (χ2v) is 13.9. The summed E-state index contributed by atoms with van der Waals surface area (Å²) >= 11 is 1.87. The van der Waals surface area contributed by atoms with Crippen LogP contribution in [0.4, 0.5) is 0 Å². The van der Waals surface area contributed by atoms with Gasteiger partial charge in [0.1, 0.15) is 0 Å². The van der Waals surface area contributed by atoms with Crippen molar-refractivity contribution >= 4 is 42.3 Å². The van der Waals surface area contributed by atoms with Gasteiger partial charge in [-0.25, -0.2) is 0 Å². The van der Waals surface area contributed by atoms with Crippen LogP contribution in [-0.4, -0.2) is 0 Å². The minimum Gasteiger partial charge on any atom is -0.135 e. The first-order valence-electron chi connectivity index (χ1n) is 16.6. The van der Waals surface area contributed by atoms with Gasteiger partial charge in [0.2, 0.25) is 0 Å². The fourth-order valence-electron chi connectivity index (χ4n) is 8.21. The summed E-state index contributed by atoms with van der Waals surface area (Å²) in [6, 6.07) is 67.7. The maximum Gasteiger partial charge on any atom is 0.0719 e. The molecule has 8 aromatic carbocycles. The third-order valence-corrected chi connectivity index (χ3v) is 11.5. The third-order valence-electron chi connectivity index (χ3n) is 10.3. The zero-order valence-corrected chi connectivity index (χ0v) is 27.0. The van der Waals surface area contributed by atoms with E-state index in [0.29, 0.717) is 0 Å². The number of hydrogen-bond acceptors (Lipinski definition) is 1. The maximum absolute atomic E-state index is 2.45. The molecule has 1 heterocycles. The molecular weight excluding hydrogens is 597 g/mol. The zero-order chi connectivity index (χ0) is 31.7. The Hall–Kier alpha value is -5.76. The summed E-state index contributed by atoms with van der Waals surface area (Å²) in [4.78, 5) is 0. The van der Waals surface area contributed by atoms with E-state index in [1.807, 2.05) is 11.3 Å². The molecule has 0 saturated heterocycles. The molecule has 0 amide bonds. The molecular formula is C47H30S. The Morgan fingerprint density at radius 3 is 1.65 bits per heavy atom. The summed E-state index contributed by atoms with van der Waals surface area (Å²) in [5, 5.41) is 5.21. The van der Waals surface area contributed by atoms with Crippen molar-refractivity contribution in [3.8, 4) is 33.4 Å². The number of benzene rings is 8. The van der Waals surface area contributed by atoms with E-state index in [-0.39, 0.29) is 0 Å². The monoisotopic (exact) mass is 626 g/mol. The van der Waals surface area contributed by atoms with Crippen LogP contribution in [0.15, 0.2) is 182 Å². The molecule has 10 rings (SSSR count). The van der Waals surface area contributed by atoms with Crippen molar-refractivity contribution in [1.82, 2.24) is 0 Å². The summed E-state index contributed by atoms with van der Waals surface area (Å²) in [5.41, 5.74) is 12.3. The first-order valence-corrected chi connectivity index (χ1v) is 17.4. The molecule has 0 radical (unpaired) electrons. The van der Waals surface area contributed by atoms with Crippen LogP contribution in [0.25, 0.3) is 64.3 Å². The van der Waals surface area contributed by atoms with Crippen LogP contribution in [-0.2, 0) is 5.41 Å². The summed E-state index contributed by atoms with van der Waals surface area (Å²) < 4.78 is 2.67. The Balaban J connectivity index is 1.29. The van der Waals surface area contributed by atoms with Crippen LogP contribution in [0.1, 0.15) is 22.3 Å². The van der Waals surface area contributed by atoms with E-state index < -0.39 is 5.41 Å². The SMILES string of the molecule is c1ccc(-c2ccc3c(c2)C(c2ccccc2)(c2ccccc2)c2c-3ccc3ccc(-c4ccc5sc6ccccc6c5c4)cc23)cc1. The van der Waals surface area contributed by atoms with Gasteiger partial charge in [0.05, 0.1) is 5.41 Å². The lowest BCUT2D eigenvalue weighted by molar-refractivity contribution is 0.776. The molecule has 0 fully saturated rings. The molecule has 1 aliphatic carbocycles. The van der Waals surface area contributed by atoms with E-state index in [1.165, 1.54) is 86.6 Å². The lowest BCUT2D eigenvalue weighted by atomic mass is 9.66. The summed E-state index contributed by atoms with van der Waals surface area (Å²) in [6.45, 7) is 0. The summed E-state index contributed by atoms with van der Waals surface area (Å²) in [7, 11) is 0. The highest BCUT2D eigenvalue weighted by Gasteiger charge is 2.47. The average Bonchev–Trinajstić information content (AvgIpc) is 3.69. The van der Waals surface area contributed by atoms with Crippen molar-refractivity contribution in [2.45, 2.75) is 5.41 Å². The Bertz CT molecular complexity index is 2610. The summed E-state index contributed by atoms with van der Waals surface area (Å²) in [5.74, 6) is 0. The van der Waals surface area contributed by atoms with Crippen LogP contribution in [0.5, 0.6) is 0 Å². The number of fused-ring (bicyclic) bond motifs is 8. The van der Waals surface area contributed by atoms with Crippen LogP contribution >= 0.6 is 11.3 Å². The molecule has 0 atom stereocenters. The Morgan fingerprint density at radius 1 is 0.354 bits per heavy atom. The van der Waals surface area contributed by atoms with Crippen LogP contribution in [0, 0.1) is 0 Å². The van der Waals surface area contributed by atoms with E-state index in [4.69, 9.17) is 0 Å². The van der Waals surface area contributed by atoms with E-state index >= 15 is 0 Å². The van der Waals surface area contributed by atoms with E-state index in [1.54, 1.807) is 0 Å². The smallest absolute Gasteiger partial charge is 0.0719 e. The van der Waals surface area contributed by atoms with Gasteiger partial charge >= 0.3 is 0 Å². The molecule has 1 aromatic heterocycles. The predicted octanol–water partition coefficient (Wildman–Crippen LogP) is 12.9. The van der Waals surface area contributed by atoms with Gasteiger partial charge in [0, 0.05) is 20.2 Å². The quantitative estimate of drug-likeness (QED) is 0.182. The highest BCUT2D eigenvalue weighted by atomic mass is 32.1. The lowest BCUT2D eigenvalue weighted by Crippen LogP contribution is -2.28. The molecule has 0 aliphatic heterocycles. The summed E-state index contributed by atoms with van der Waals surface area (Å²) in [6.07, 6.45) is 0. The van der Waals surface area contributed by atoms with Crippen LogP contribution < -0.4 is 0 Å². The average molecular weight is 627 g/mol. The highest BCUT2D eigenvalue weighted by Crippen LogP contribution is 2.59. The van der Waals surface area contributed by atoms with Gasteiger partial charge in [-0.3, -0.25) is 0 Å². The van der Waals surface area contributed by atoms with Gasteiger partial charge in [-0.1, -0.05) is 152 Å². The Labute approximate surface area is 284 Å². The molecule has 0 N–H and O–H groups in total. The largest absolute Gasteiger partial charge is 0.135 e. The predicted molar refractivity (Wildman–Crippen MR) is 205 cm³/mol. The fraction of sp³-hybridized carbons (Fsp3) is 0.0213. The zero-order valence-electron chi connectivity index (χ0n) is 26.2. The van der Waals surface area contributed by atoms with Gasteiger partial charge in [0.25, 0.3) is 0 Å². The second kappa shape index (κ2) is 10.6. The molecule has 0 bridgehead atoms. The third kappa shape index (κ3) is 3.95. The number of rotatable bonds is 4. The maximum atomic E-state index is 2.45. The van der Waals surface area contributed by atoms with Crippen molar-refractivity contribution in [3.05, 3.63) is 204 Å². The number of thiophene rings is 1. The Morgan fingerprint density at radius 2 is 0.896 bits per heavy atom. The molecule has 48 heavy (non-hydrogen) atoms. The van der Waals surface area contributed by atoms with Crippen LogP contribution in [0.2, 0.25) is 0 Å². The molecule has 1 heteroatoms. The number of hydrogen-bond donors (Lipinski definition) is 0. The van der Waals surface area contributed by atoms with Crippen molar-refractivity contribution in [2.75, 3.05) is 0 Å². The van der Waals surface area contributed by atoms with Gasteiger partial charge in [-0.15, -0.1) is 11.3 Å². The molecule has 0 unspecified atom stereocenters. The first kappa shape index (κ1) is 27.4. The normalized spacial score (nSPS) is 13.2. The van der Waals surface area contributed by atoms with Gasteiger partial charge in [-0.05, 0) is 96.7 Å². The van der Waals surface area contributed by atoms with E-state index in [9.17, 15) is 0 Å². The molecule has 0 saturated carbocycles. The van der Waals surface area contributed by atoms with Crippen molar-refractivity contribution in [2.24, 2.45) is 0 Å². The lowest BCUT2D eigenvalue weighted by Gasteiger charge is -2.35. The van der Waals surface area contributed by atoms with E-state index in [0.717, 1.165) is 0 Å². The van der Waals surface area contributed by atoms with Crippen LogP contribution in [0.3, 0.4) is 0 Å². The minimum absolute atomic E-state index is 0.496. The minimum atomic E-state index is -0.496. The molecule has 1 aliphatic rings. The van der Waals surface area contributed by atoms with Crippen molar-refractivity contribution < 1.29 is 0 Å². The second-order valence-electron chi connectivity index (χ2n) is 12.8. The molecule has 0 nitrogen and oxygen atoms in total. The highest BCUT2D eigenvalue weighted by molar-refractivity contribution is 7.25. The standard InChI is InChI=1S/C47H30S/c1-4-12-31(13-5-1)35-23-25-38-40-26-22-32-20-21-33(34-24-27-45-42(29-34)39-18-10-11-19-44(39)48-45)28-41(32)46(40)47(43(38)30-35,36-14-6-2-7-15-36)37-16-8-3-9-17-37/h1-30H. The molecule has 9 aromatic rings. The molecule has 0 spiro atoms. The fourth-order valence-corrected chi connectivity index (χ4v) is 9.30. The van der Waals surface area contributed by atoms with E-state index in [2.05, 4.69) is 182 Å².